The van der Waals surface area contributed by atoms with Crippen LogP contribution in [0.5, 0.6) is 5.75 Å². The molecule has 0 radical (unpaired) electrons. The molecule has 2 atom stereocenters. The van der Waals surface area contributed by atoms with Crippen LogP contribution in [-0.4, -0.2) is 24.2 Å². The van der Waals surface area contributed by atoms with Gasteiger partial charge >= 0.3 is 5.97 Å². The number of benzene rings is 1. The molecular formula is C14H17F2NO3. The number of esters is 1. The molecule has 2 N–H and O–H groups in total. The summed E-state index contributed by atoms with van der Waals surface area (Å²) in [5, 5.41) is 0. The molecule has 4 nitrogen and oxygen atoms in total. The van der Waals surface area contributed by atoms with Crippen molar-refractivity contribution in [3.8, 4) is 5.75 Å². The minimum Gasteiger partial charge on any atom is -0.490 e. The molecule has 1 aromatic carbocycles. The molecule has 0 bridgehead atoms. The summed E-state index contributed by atoms with van der Waals surface area (Å²) in [6.45, 7) is 1.98. The number of carbonyl (C=O) groups excluding carboxylic acids is 1. The fourth-order valence-corrected chi connectivity index (χ4v) is 2.33. The highest BCUT2D eigenvalue weighted by molar-refractivity contribution is 5.81. The summed E-state index contributed by atoms with van der Waals surface area (Å²) in [6, 6.07) is 3.33. The van der Waals surface area contributed by atoms with Crippen LogP contribution < -0.4 is 10.5 Å². The van der Waals surface area contributed by atoms with Crippen LogP contribution in [0.25, 0.3) is 0 Å². The van der Waals surface area contributed by atoms with E-state index in [2.05, 4.69) is 0 Å². The number of ether oxygens (including phenoxy) is 2. The molecule has 0 amide bonds. The molecule has 110 valence electrons. The summed E-state index contributed by atoms with van der Waals surface area (Å²) < 4.78 is 36.4. The molecule has 6 heteroatoms. The van der Waals surface area contributed by atoms with Crippen molar-refractivity contribution in [3.63, 3.8) is 0 Å². The largest absolute Gasteiger partial charge is 0.490 e. The fraction of sp³-hybridized carbons (Fsp3) is 0.500. The number of nitrogens with two attached hydrogens (primary N) is 1. The first-order valence-corrected chi connectivity index (χ1v) is 6.52. The molecule has 0 heterocycles. The Kier molecular flexibility index (Phi) is 4.23. The van der Waals surface area contributed by atoms with Crippen molar-refractivity contribution in [3.05, 3.63) is 29.8 Å². The van der Waals surface area contributed by atoms with Crippen molar-refractivity contribution < 1.29 is 23.0 Å². The fourth-order valence-electron chi connectivity index (χ4n) is 2.33. The molecule has 1 aromatic rings. The van der Waals surface area contributed by atoms with E-state index in [-0.39, 0.29) is 18.5 Å². The second-order valence-electron chi connectivity index (χ2n) is 4.94. The smallest absolute Gasteiger partial charge is 0.326 e. The van der Waals surface area contributed by atoms with E-state index < -0.39 is 23.1 Å². The monoisotopic (exact) mass is 285 g/mol. The molecule has 1 saturated carbocycles. The topological polar surface area (TPSA) is 61.5 Å². The van der Waals surface area contributed by atoms with Gasteiger partial charge in [0.1, 0.15) is 17.4 Å². The quantitative estimate of drug-likeness (QED) is 0.861. The SMILES string of the molecule is CCOC(=O)C1(N)CCC(Oc2ccc(F)c(F)c2)C1. The van der Waals surface area contributed by atoms with Gasteiger partial charge in [-0.3, -0.25) is 4.79 Å². The van der Waals surface area contributed by atoms with Crippen LogP contribution in [-0.2, 0) is 9.53 Å². The maximum atomic E-state index is 13.1. The second kappa shape index (κ2) is 5.75. The van der Waals surface area contributed by atoms with Crippen molar-refractivity contribution in [2.24, 2.45) is 5.73 Å². The van der Waals surface area contributed by atoms with Crippen LogP contribution in [0.4, 0.5) is 8.78 Å². The third-order valence-corrected chi connectivity index (χ3v) is 3.38. The lowest BCUT2D eigenvalue weighted by Gasteiger charge is -2.21. The Morgan fingerprint density at radius 3 is 2.85 bits per heavy atom. The zero-order chi connectivity index (χ0) is 14.8. The van der Waals surface area contributed by atoms with Gasteiger partial charge in [-0.05, 0) is 31.9 Å². The summed E-state index contributed by atoms with van der Waals surface area (Å²) >= 11 is 0. The van der Waals surface area contributed by atoms with Gasteiger partial charge in [0.2, 0.25) is 0 Å². The van der Waals surface area contributed by atoms with Gasteiger partial charge < -0.3 is 15.2 Å². The minimum atomic E-state index is -1.06. The first-order valence-electron chi connectivity index (χ1n) is 6.52. The maximum Gasteiger partial charge on any atom is 0.326 e. The van der Waals surface area contributed by atoms with Gasteiger partial charge in [0.05, 0.1) is 6.61 Å². The molecule has 0 spiro atoms. The molecule has 2 unspecified atom stereocenters. The molecule has 1 fully saturated rings. The maximum absolute atomic E-state index is 13.1. The second-order valence-corrected chi connectivity index (χ2v) is 4.94. The Hall–Kier alpha value is -1.69. The van der Waals surface area contributed by atoms with Gasteiger partial charge in [-0.1, -0.05) is 0 Å². The predicted molar refractivity (Wildman–Crippen MR) is 68.2 cm³/mol. The Labute approximate surface area is 115 Å². The highest BCUT2D eigenvalue weighted by Gasteiger charge is 2.44. The molecule has 1 aliphatic carbocycles. The molecule has 20 heavy (non-hydrogen) atoms. The average Bonchev–Trinajstić information content (AvgIpc) is 2.77. The van der Waals surface area contributed by atoms with E-state index in [1.807, 2.05) is 0 Å². The number of hydrogen-bond donors (Lipinski definition) is 1. The molecular weight excluding hydrogens is 268 g/mol. The van der Waals surface area contributed by atoms with Crippen LogP contribution >= 0.6 is 0 Å². The first-order chi connectivity index (χ1) is 9.44. The zero-order valence-corrected chi connectivity index (χ0v) is 11.2. The zero-order valence-electron chi connectivity index (χ0n) is 11.2. The molecule has 1 aliphatic rings. The van der Waals surface area contributed by atoms with Crippen LogP contribution in [0.3, 0.4) is 0 Å². The molecule has 0 aliphatic heterocycles. The van der Waals surface area contributed by atoms with E-state index in [0.717, 1.165) is 12.1 Å². The van der Waals surface area contributed by atoms with E-state index in [1.54, 1.807) is 6.92 Å². The predicted octanol–water partition coefficient (Wildman–Crippen LogP) is 2.16. The summed E-state index contributed by atoms with van der Waals surface area (Å²) in [4.78, 5) is 11.8. The molecule has 0 saturated heterocycles. The third kappa shape index (κ3) is 3.07. The number of hydrogen-bond acceptors (Lipinski definition) is 4. The third-order valence-electron chi connectivity index (χ3n) is 3.38. The van der Waals surface area contributed by atoms with Gasteiger partial charge in [0, 0.05) is 12.5 Å². The normalized spacial score (nSPS) is 25.5. The van der Waals surface area contributed by atoms with Crippen molar-refractivity contribution in [2.75, 3.05) is 6.61 Å². The van der Waals surface area contributed by atoms with E-state index >= 15 is 0 Å². The van der Waals surface area contributed by atoms with E-state index in [1.165, 1.54) is 6.07 Å². The lowest BCUT2D eigenvalue weighted by atomic mass is 9.99. The van der Waals surface area contributed by atoms with E-state index in [0.29, 0.717) is 19.3 Å². The summed E-state index contributed by atoms with van der Waals surface area (Å²) in [5.74, 6) is -2.12. The number of carbonyl (C=O) groups is 1. The Balaban J connectivity index is 1.99. The first kappa shape index (κ1) is 14.7. The van der Waals surface area contributed by atoms with Crippen molar-refractivity contribution >= 4 is 5.97 Å². The van der Waals surface area contributed by atoms with Crippen LogP contribution in [0, 0.1) is 11.6 Å². The minimum absolute atomic E-state index is 0.224. The van der Waals surface area contributed by atoms with Gasteiger partial charge in [0.15, 0.2) is 11.6 Å². The lowest BCUT2D eigenvalue weighted by molar-refractivity contribution is -0.149. The highest BCUT2D eigenvalue weighted by atomic mass is 19.2. The van der Waals surface area contributed by atoms with E-state index in [9.17, 15) is 13.6 Å². The van der Waals surface area contributed by atoms with Crippen molar-refractivity contribution in [1.29, 1.82) is 0 Å². The molecule has 0 aromatic heterocycles. The molecule has 2 rings (SSSR count). The summed E-state index contributed by atoms with van der Waals surface area (Å²) in [6.07, 6.45) is 0.994. The van der Waals surface area contributed by atoms with Gasteiger partial charge in [-0.15, -0.1) is 0 Å². The van der Waals surface area contributed by atoms with Gasteiger partial charge in [-0.2, -0.15) is 0 Å². The lowest BCUT2D eigenvalue weighted by Crippen LogP contribution is -2.47. The van der Waals surface area contributed by atoms with Crippen LogP contribution in [0.15, 0.2) is 18.2 Å². The highest BCUT2D eigenvalue weighted by Crippen LogP contribution is 2.32. The Morgan fingerprint density at radius 1 is 1.45 bits per heavy atom. The number of halogens is 2. The van der Waals surface area contributed by atoms with E-state index in [4.69, 9.17) is 15.2 Å². The van der Waals surface area contributed by atoms with Crippen LogP contribution in [0.2, 0.25) is 0 Å². The number of rotatable bonds is 4. The van der Waals surface area contributed by atoms with Crippen molar-refractivity contribution in [2.45, 2.75) is 37.8 Å². The Morgan fingerprint density at radius 2 is 2.20 bits per heavy atom. The van der Waals surface area contributed by atoms with Gasteiger partial charge in [0.25, 0.3) is 0 Å². The summed E-state index contributed by atoms with van der Waals surface area (Å²) in [5.41, 5.74) is 4.94. The summed E-state index contributed by atoms with van der Waals surface area (Å²) in [7, 11) is 0. The van der Waals surface area contributed by atoms with Crippen LogP contribution in [0.1, 0.15) is 26.2 Å². The van der Waals surface area contributed by atoms with Crippen molar-refractivity contribution in [1.82, 2.24) is 0 Å². The standard InChI is InChI=1S/C14H17F2NO3/c1-2-19-13(18)14(17)6-5-10(8-14)20-9-3-4-11(15)12(16)7-9/h3-4,7,10H,2,5-6,8,17H2,1H3. The average molecular weight is 285 g/mol. The van der Waals surface area contributed by atoms with Gasteiger partial charge in [-0.25, -0.2) is 8.78 Å². The Bertz CT molecular complexity index is 509.